The summed E-state index contributed by atoms with van der Waals surface area (Å²) in [7, 11) is 0. The van der Waals surface area contributed by atoms with Crippen molar-refractivity contribution in [1.82, 2.24) is 4.98 Å². The zero-order valence-electron chi connectivity index (χ0n) is 15.4. The van der Waals surface area contributed by atoms with Gasteiger partial charge in [-0.1, -0.05) is 19.1 Å². The predicted octanol–water partition coefficient (Wildman–Crippen LogP) is 2.60. The SMILES string of the molecule is CC(=O)N1c2c(C(N)=O)cccc2[C@H](Nc2ccc(C#N)cn2)[C@@H](C)[C@@H]1C. The lowest BCUT2D eigenvalue weighted by molar-refractivity contribution is -0.117. The molecule has 0 aliphatic carbocycles. The first-order valence-electron chi connectivity index (χ1n) is 8.70. The molecule has 0 bridgehead atoms. The number of hydrogen-bond acceptors (Lipinski definition) is 5. The Hall–Kier alpha value is -3.40. The van der Waals surface area contributed by atoms with Crippen LogP contribution < -0.4 is 16.0 Å². The number of carbonyl (C=O) groups is 2. The van der Waals surface area contributed by atoms with E-state index in [4.69, 9.17) is 11.0 Å². The molecule has 0 saturated carbocycles. The van der Waals surface area contributed by atoms with Crippen molar-refractivity contribution < 1.29 is 9.59 Å². The van der Waals surface area contributed by atoms with Gasteiger partial charge in [-0.15, -0.1) is 0 Å². The monoisotopic (exact) mass is 363 g/mol. The third-order valence-corrected chi connectivity index (χ3v) is 5.14. The van der Waals surface area contributed by atoms with Gasteiger partial charge < -0.3 is 16.0 Å². The molecule has 0 radical (unpaired) electrons. The first kappa shape index (κ1) is 18.4. The molecule has 0 fully saturated rings. The molecule has 3 N–H and O–H groups in total. The Morgan fingerprint density at radius 2 is 2.00 bits per heavy atom. The summed E-state index contributed by atoms with van der Waals surface area (Å²) in [5.74, 6) is -0.0546. The highest BCUT2D eigenvalue weighted by Gasteiger charge is 2.40. The van der Waals surface area contributed by atoms with Crippen LogP contribution in [-0.2, 0) is 4.79 Å². The van der Waals surface area contributed by atoms with E-state index >= 15 is 0 Å². The van der Waals surface area contributed by atoms with E-state index in [1.807, 2.05) is 26.0 Å². The number of nitrogens with one attached hydrogen (secondary N) is 1. The summed E-state index contributed by atoms with van der Waals surface area (Å²) in [6, 6.07) is 10.4. The van der Waals surface area contributed by atoms with E-state index in [1.54, 1.807) is 29.2 Å². The summed E-state index contributed by atoms with van der Waals surface area (Å²) < 4.78 is 0. The standard InChI is InChI=1S/C20H21N5O2/c1-11-12(2)25(13(3)26)19-15(5-4-6-16(19)20(22)27)18(11)24-17-8-7-14(9-21)10-23-17/h4-8,10-12,18H,1-3H3,(H2,22,27)(H,23,24)/t11-,12-,18+/m0/s1. The molecular weight excluding hydrogens is 342 g/mol. The molecule has 2 amide bonds. The maximum atomic E-state index is 12.3. The fourth-order valence-corrected chi connectivity index (χ4v) is 3.64. The number of benzene rings is 1. The summed E-state index contributed by atoms with van der Waals surface area (Å²) in [6.45, 7) is 5.48. The van der Waals surface area contributed by atoms with Gasteiger partial charge in [0.2, 0.25) is 5.91 Å². The second kappa shape index (κ2) is 7.08. The molecule has 2 heterocycles. The summed E-state index contributed by atoms with van der Waals surface area (Å²) in [5.41, 5.74) is 7.74. The van der Waals surface area contributed by atoms with E-state index in [1.165, 1.54) is 13.1 Å². The average Bonchev–Trinajstić information content (AvgIpc) is 2.65. The number of para-hydroxylation sites is 1. The third kappa shape index (κ3) is 3.22. The molecular formula is C20H21N5O2. The van der Waals surface area contributed by atoms with Crippen LogP contribution >= 0.6 is 0 Å². The Morgan fingerprint density at radius 1 is 1.26 bits per heavy atom. The zero-order valence-corrected chi connectivity index (χ0v) is 15.4. The molecule has 0 saturated heterocycles. The summed E-state index contributed by atoms with van der Waals surface area (Å²) in [4.78, 5) is 30.2. The lowest BCUT2D eigenvalue weighted by Crippen LogP contribution is -2.49. The quantitative estimate of drug-likeness (QED) is 0.870. The molecule has 1 aromatic carbocycles. The van der Waals surface area contributed by atoms with E-state index in [-0.39, 0.29) is 23.9 Å². The summed E-state index contributed by atoms with van der Waals surface area (Å²) >= 11 is 0. The van der Waals surface area contributed by atoms with Crippen LogP contribution in [0.1, 0.15) is 48.3 Å². The minimum absolute atomic E-state index is 0.0435. The van der Waals surface area contributed by atoms with Gasteiger partial charge in [-0.3, -0.25) is 9.59 Å². The highest BCUT2D eigenvalue weighted by Crippen LogP contribution is 2.43. The van der Waals surface area contributed by atoms with Gasteiger partial charge in [0.15, 0.2) is 0 Å². The Labute approximate surface area is 157 Å². The molecule has 7 heteroatoms. The van der Waals surface area contributed by atoms with E-state index in [0.717, 1.165) is 5.56 Å². The predicted molar refractivity (Wildman–Crippen MR) is 102 cm³/mol. The van der Waals surface area contributed by atoms with Crippen LogP contribution in [0.4, 0.5) is 11.5 Å². The number of aromatic nitrogens is 1. The molecule has 3 rings (SSSR count). The largest absolute Gasteiger partial charge is 0.366 e. The Balaban J connectivity index is 2.11. The highest BCUT2D eigenvalue weighted by molar-refractivity contribution is 6.05. The van der Waals surface area contributed by atoms with Gasteiger partial charge in [-0.25, -0.2) is 4.98 Å². The van der Waals surface area contributed by atoms with Crippen molar-refractivity contribution in [2.24, 2.45) is 11.7 Å². The van der Waals surface area contributed by atoms with Crippen LogP contribution in [0.5, 0.6) is 0 Å². The molecule has 1 aromatic heterocycles. The van der Waals surface area contributed by atoms with Crippen LogP contribution in [0.15, 0.2) is 36.5 Å². The van der Waals surface area contributed by atoms with Crippen LogP contribution in [-0.4, -0.2) is 22.8 Å². The maximum absolute atomic E-state index is 12.3. The molecule has 0 spiro atoms. The maximum Gasteiger partial charge on any atom is 0.250 e. The van der Waals surface area contributed by atoms with Crippen molar-refractivity contribution in [3.05, 3.63) is 53.2 Å². The van der Waals surface area contributed by atoms with E-state index in [0.29, 0.717) is 22.6 Å². The Morgan fingerprint density at radius 3 is 2.56 bits per heavy atom. The summed E-state index contributed by atoms with van der Waals surface area (Å²) in [6.07, 6.45) is 1.50. The molecule has 138 valence electrons. The minimum Gasteiger partial charge on any atom is -0.366 e. The number of nitrogens with zero attached hydrogens (tertiary/aromatic N) is 3. The number of hydrogen-bond donors (Lipinski definition) is 2. The molecule has 7 nitrogen and oxygen atoms in total. The van der Waals surface area contributed by atoms with E-state index < -0.39 is 5.91 Å². The smallest absolute Gasteiger partial charge is 0.250 e. The fourth-order valence-electron chi connectivity index (χ4n) is 3.64. The minimum atomic E-state index is -0.574. The topological polar surface area (TPSA) is 112 Å². The molecule has 1 aliphatic heterocycles. The second-order valence-corrected chi connectivity index (χ2v) is 6.76. The number of nitriles is 1. The average molecular weight is 363 g/mol. The van der Waals surface area contributed by atoms with Crippen molar-refractivity contribution in [3.8, 4) is 6.07 Å². The van der Waals surface area contributed by atoms with Gasteiger partial charge in [0.25, 0.3) is 5.91 Å². The third-order valence-electron chi connectivity index (χ3n) is 5.14. The van der Waals surface area contributed by atoms with Gasteiger partial charge in [-0.05, 0) is 30.7 Å². The number of rotatable bonds is 3. The summed E-state index contributed by atoms with van der Waals surface area (Å²) in [5, 5.41) is 12.3. The first-order valence-corrected chi connectivity index (χ1v) is 8.70. The Kier molecular flexibility index (Phi) is 4.82. The normalized spacial score (nSPS) is 21.1. The van der Waals surface area contributed by atoms with Gasteiger partial charge in [0, 0.05) is 25.1 Å². The van der Waals surface area contributed by atoms with Gasteiger partial charge in [0.1, 0.15) is 11.9 Å². The van der Waals surface area contributed by atoms with Gasteiger partial charge in [-0.2, -0.15) is 5.26 Å². The van der Waals surface area contributed by atoms with Gasteiger partial charge >= 0.3 is 0 Å². The number of pyridine rings is 1. The molecule has 2 aromatic rings. The van der Waals surface area contributed by atoms with Crippen molar-refractivity contribution in [2.45, 2.75) is 32.9 Å². The highest BCUT2D eigenvalue weighted by atomic mass is 16.2. The van der Waals surface area contributed by atoms with Crippen molar-refractivity contribution in [2.75, 3.05) is 10.2 Å². The number of nitrogens with two attached hydrogens (primary N) is 1. The molecule has 1 aliphatic rings. The second-order valence-electron chi connectivity index (χ2n) is 6.76. The van der Waals surface area contributed by atoms with Crippen LogP contribution in [0, 0.1) is 17.2 Å². The van der Waals surface area contributed by atoms with Crippen LogP contribution in [0.25, 0.3) is 0 Å². The number of fused-ring (bicyclic) bond motifs is 1. The number of carbonyl (C=O) groups excluding carboxylic acids is 2. The van der Waals surface area contributed by atoms with Crippen molar-refractivity contribution in [1.29, 1.82) is 5.26 Å². The molecule has 3 atom stereocenters. The number of primary amides is 1. The molecule has 27 heavy (non-hydrogen) atoms. The molecule has 0 unspecified atom stereocenters. The van der Waals surface area contributed by atoms with Crippen molar-refractivity contribution >= 4 is 23.3 Å². The van der Waals surface area contributed by atoms with Crippen LogP contribution in [0.3, 0.4) is 0 Å². The number of anilines is 2. The van der Waals surface area contributed by atoms with Crippen LogP contribution in [0.2, 0.25) is 0 Å². The number of amides is 2. The van der Waals surface area contributed by atoms with Crippen molar-refractivity contribution in [3.63, 3.8) is 0 Å². The zero-order chi connectivity index (χ0) is 19.7. The lowest BCUT2D eigenvalue weighted by atomic mass is 9.81. The lowest BCUT2D eigenvalue weighted by Gasteiger charge is -2.44. The van der Waals surface area contributed by atoms with E-state index in [9.17, 15) is 9.59 Å². The van der Waals surface area contributed by atoms with E-state index in [2.05, 4.69) is 10.3 Å². The fraction of sp³-hybridized carbons (Fsp3) is 0.300. The Bertz CT molecular complexity index is 932. The first-order chi connectivity index (χ1) is 12.8. The van der Waals surface area contributed by atoms with Gasteiger partial charge in [0.05, 0.1) is 22.9 Å².